The lowest BCUT2D eigenvalue weighted by Gasteiger charge is -2.25. The number of rotatable bonds is 17. The van der Waals surface area contributed by atoms with E-state index in [9.17, 15) is 14.4 Å². The molecule has 8 bridgehead atoms. The summed E-state index contributed by atoms with van der Waals surface area (Å²) in [5.74, 6) is -0.801. The third-order valence-electron chi connectivity index (χ3n) is 12.2. The van der Waals surface area contributed by atoms with Crippen molar-refractivity contribution in [1.29, 1.82) is 0 Å². The zero-order chi connectivity index (χ0) is 42.3. The van der Waals surface area contributed by atoms with Gasteiger partial charge in [0.2, 0.25) is 17.7 Å². The summed E-state index contributed by atoms with van der Waals surface area (Å²) in [7, 11) is 3.35. The van der Waals surface area contributed by atoms with E-state index in [1.54, 1.807) is 14.1 Å². The second-order valence-electron chi connectivity index (χ2n) is 16.4. The van der Waals surface area contributed by atoms with Gasteiger partial charge in [-0.2, -0.15) is 0 Å². The Bertz CT molecular complexity index is 2180. The summed E-state index contributed by atoms with van der Waals surface area (Å²) >= 11 is 0. The second kappa shape index (κ2) is 19.8. The SMILES string of the molecule is CCc1c(C)c2cc3[nH]c(cc4nc(c(C)c5nc(cc1[nH]2)C(C)=C5)[C@@H](CCC(=O)N[C@@H](CCCCN)C(=O)NC(CCCCN)C(=O)N(C)C)[C@@H]4C)c(C)c3CC. The van der Waals surface area contributed by atoms with E-state index in [0.717, 1.165) is 81.7 Å². The first-order valence-electron chi connectivity index (χ1n) is 21.3. The number of aryl methyl sites for hydroxylation is 4. The maximum absolute atomic E-state index is 13.8. The quantitative estimate of drug-likeness (QED) is 0.0802. The molecule has 1 unspecified atom stereocenters. The largest absolute Gasteiger partial charge is 0.355 e. The van der Waals surface area contributed by atoms with Crippen LogP contribution < -0.4 is 22.1 Å². The van der Waals surface area contributed by atoms with E-state index in [1.165, 1.54) is 27.2 Å². The Kier molecular flexibility index (Phi) is 15.1. The van der Waals surface area contributed by atoms with E-state index in [2.05, 4.69) is 93.3 Å². The van der Waals surface area contributed by atoms with Crippen molar-refractivity contribution in [2.75, 3.05) is 27.2 Å². The number of nitrogens with one attached hydrogen (secondary N) is 4. The molecule has 3 amide bonds. The molecule has 58 heavy (non-hydrogen) atoms. The fourth-order valence-electron chi connectivity index (χ4n) is 8.56. The van der Waals surface area contributed by atoms with Gasteiger partial charge in [-0.1, -0.05) is 20.8 Å². The number of aromatic nitrogens is 4. The van der Waals surface area contributed by atoms with Crippen LogP contribution in [0.25, 0.3) is 33.7 Å². The Morgan fingerprint density at radius 1 is 0.776 bits per heavy atom. The molecular weight excluding hydrogens is 727 g/mol. The summed E-state index contributed by atoms with van der Waals surface area (Å²) in [4.78, 5) is 60.0. The monoisotopic (exact) mass is 794 g/mol. The van der Waals surface area contributed by atoms with Crippen LogP contribution in [0.3, 0.4) is 0 Å². The summed E-state index contributed by atoms with van der Waals surface area (Å²) < 4.78 is 0. The van der Waals surface area contributed by atoms with Gasteiger partial charge in [-0.3, -0.25) is 19.4 Å². The molecule has 12 nitrogen and oxygen atoms in total. The van der Waals surface area contributed by atoms with Gasteiger partial charge in [0.1, 0.15) is 12.1 Å². The molecule has 5 heterocycles. The summed E-state index contributed by atoms with van der Waals surface area (Å²) in [5.41, 5.74) is 26.5. The minimum absolute atomic E-state index is 0.0191. The highest BCUT2D eigenvalue weighted by Crippen LogP contribution is 2.42. The Morgan fingerprint density at radius 2 is 1.36 bits per heavy atom. The van der Waals surface area contributed by atoms with E-state index in [-0.39, 0.29) is 36.0 Å². The number of hydrogen-bond acceptors (Lipinski definition) is 7. The number of hydrogen-bond donors (Lipinski definition) is 6. The summed E-state index contributed by atoms with van der Waals surface area (Å²) in [6, 6.07) is 5.09. The van der Waals surface area contributed by atoms with Crippen LogP contribution >= 0.6 is 0 Å². The van der Waals surface area contributed by atoms with Crippen LogP contribution in [0.2, 0.25) is 0 Å². The molecule has 2 aliphatic rings. The third kappa shape index (κ3) is 9.89. The molecule has 0 aromatic carbocycles. The highest BCUT2D eigenvalue weighted by Gasteiger charge is 2.33. The number of aromatic amines is 2. The first-order chi connectivity index (χ1) is 27.7. The highest BCUT2D eigenvalue weighted by molar-refractivity contribution is 5.92. The lowest BCUT2D eigenvalue weighted by atomic mass is 9.85. The Labute approximate surface area is 344 Å². The predicted octanol–water partition coefficient (Wildman–Crippen LogP) is 6.91. The molecule has 0 saturated heterocycles. The highest BCUT2D eigenvalue weighted by atomic mass is 16.2. The minimum atomic E-state index is -0.792. The van der Waals surface area contributed by atoms with Crippen LogP contribution in [0.5, 0.6) is 0 Å². The topological polar surface area (TPSA) is 188 Å². The van der Waals surface area contributed by atoms with Crippen molar-refractivity contribution in [2.24, 2.45) is 11.5 Å². The van der Waals surface area contributed by atoms with Crippen LogP contribution in [-0.4, -0.2) is 81.8 Å². The van der Waals surface area contributed by atoms with Crippen molar-refractivity contribution >= 4 is 51.4 Å². The molecule has 8 N–H and O–H groups in total. The molecule has 0 fully saturated rings. The lowest BCUT2D eigenvalue weighted by Crippen LogP contribution is -2.53. The number of carbonyl (C=O) groups excluding carboxylic acids is 3. The number of nitrogens with two attached hydrogens (primary N) is 2. The van der Waals surface area contributed by atoms with Crippen LogP contribution in [-0.2, 0) is 27.2 Å². The molecular formula is C46H67N9O3. The lowest BCUT2D eigenvalue weighted by molar-refractivity contribution is -0.136. The first kappa shape index (κ1) is 44.3. The smallest absolute Gasteiger partial charge is 0.244 e. The molecule has 0 spiro atoms. The van der Waals surface area contributed by atoms with Crippen LogP contribution in [0.4, 0.5) is 0 Å². The summed E-state index contributed by atoms with van der Waals surface area (Å²) in [5, 5.41) is 5.98. The van der Waals surface area contributed by atoms with Crippen molar-refractivity contribution in [3.8, 4) is 0 Å². The van der Waals surface area contributed by atoms with E-state index < -0.39 is 12.1 Å². The van der Waals surface area contributed by atoms with Gasteiger partial charge in [0.15, 0.2) is 0 Å². The number of H-pyrrole nitrogens is 2. The standard InChI is InChI=1S/C46H67N9O3/c1-10-31-28(5)39-25-42-32(11-2)27(4)38(50-42)24-40-29(6)33(44(53-40)30(7)37-22-26(3)36(49-37)23-41(31)51-39)18-19-43(56)52-34(16-12-14-20-47)45(57)54-35(17-13-15-21-48)46(58)55(8)9/h22-25,29,33-35,50-51H,10-21,47-48H2,1-9H3,(H,52,56)(H,54,57)/t29-,33-,34-,35?/m0/s1. The van der Waals surface area contributed by atoms with Crippen LogP contribution in [0.1, 0.15) is 141 Å². The molecule has 314 valence electrons. The maximum atomic E-state index is 13.8. The number of carbonyl (C=O) groups is 3. The van der Waals surface area contributed by atoms with Crippen molar-refractivity contribution in [2.45, 2.75) is 137 Å². The van der Waals surface area contributed by atoms with Crippen molar-refractivity contribution in [3.05, 3.63) is 68.8 Å². The van der Waals surface area contributed by atoms with Crippen molar-refractivity contribution in [1.82, 2.24) is 35.5 Å². The van der Waals surface area contributed by atoms with E-state index in [4.69, 9.17) is 21.4 Å². The number of amides is 3. The van der Waals surface area contributed by atoms with Crippen LogP contribution in [0, 0.1) is 20.8 Å². The van der Waals surface area contributed by atoms with Gasteiger partial charge >= 0.3 is 0 Å². The fraction of sp³-hybridized carbons (Fsp3) is 0.543. The van der Waals surface area contributed by atoms with E-state index in [0.29, 0.717) is 45.2 Å². The number of unbranched alkanes of at least 4 members (excludes halogenated alkanes) is 2. The molecule has 0 aliphatic carbocycles. The van der Waals surface area contributed by atoms with Gasteiger partial charge in [0, 0.05) is 65.8 Å². The second-order valence-corrected chi connectivity index (χ2v) is 16.4. The molecule has 3 aromatic rings. The number of allylic oxidation sites excluding steroid dienone is 1. The van der Waals surface area contributed by atoms with E-state index in [1.807, 2.05) is 0 Å². The number of likely N-dealkylation sites (N-methyl/N-ethyl adjacent to an activating group) is 1. The van der Waals surface area contributed by atoms with Crippen molar-refractivity contribution in [3.63, 3.8) is 0 Å². The molecule has 0 saturated carbocycles. The average Bonchev–Trinajstić information content (AvgIpc) is 3.90. The number of nitrogens with zero attached hydrogens (tertiary/aromatic N) is 3. The summed E-state index contributed by atoms with van der Waals surface area (Å²) in [6.07, 6.45) is 8.39. The minimum Gasteiger partial charge on any atom is -0.355 e. The van der Waals surface area contributed by atoms with Crippen molar-refractivity contribution < 1.29 is 14.4 Å². The molecule has 12 heteroatoms. The molecule has 5 rings (SSSR count). The van der Waals surface area contributed by atoms with Gasteiger partial charge in [-0.05, 0) is 156 Å². The average molecular weight is 794 g/mol. The Hall–Kier alpha value is -4.81. The zero-order valence-electron chi connectivity index (χ0n) is 36.3. The number of fused-ring (bicyclic) bond motifs is 8. The van der Waals surface area contributed by atoms with Gasteiger partial charge in [-0.25, -0.2) is 4.98 Å². The third-order valence-corrected chi connectivity index (χ3v) is 12.2. The molecule has 2 aliphatic heterocycles. The van der Waals surface area contributed by atoms with E-state index >= 15 is 0 Å². The Balaban J connectivity index is 1.51. The molecule has 4 atom stereocenters. The zero-order valence-corrected chi connectivity index (χ0v) is 36.3. The normalized spacial score (nSPS) is 16.2. The van der Waals surface area contributed by atoms with Gasteiger partial charge in [0.25, 0.3) is 0 Å². The molecule has 0 radical (unpaired) electrons. The maximum Gasteiger partial charge on any atom is 0.244 e. The fourth-order valence-corrected chi connectivity index (χ4v) is 8.56. The predicted molar refractivity (Wildman–Crippen MR) is 236 cm³/mol. The Morgan fingerprint density at radius 3 is 1.95 bits per heavy atom. The van der Waals surface area contributed by atoms with Gasteiger partial charge in [0.05, 0.1) is 11.4 Å². The summed E-state index contributed by atoms with van der Waals surface area (Å²) in [6.45, 7) is 16.1. The van der Waals surface area contributed by atoms with Crippen LogP contribution in [0.15, 0.2) is 18.2 Å². The molecule has 3 aromatic heterocycles. The first-order valence-corrected chi connectivity index (χ1v) is 21.3. The van der Waals surface area contributed by atoms with Gasteiger partial charge < -0.3 is 37.0 Å². The van der Waals surface area contributed by atoms with Gasteiger partial charge in [-0.15, -0.1) is 0 Å².